The van der Waals surface area contributed by atoms with Gasteiger partial charge in [0.1, 0.15) is 0 Å². The van der Waals surface area contributed by atoms with Gasteiger partial charge in [-0.1, -0.05) is 40.5 Å². The molecule has 19 heavy (non-hydrogen) atoms. The smallest absolute Gasteiger partial charge is 0.00671 e. The number of nitrogens with zero attached hydrogens (tertiary/aromatic N) is 1. The maximum atomic E-state index is 3.69. The van der Waals surface area contributed by atoms with Crippen molar-refractivity contribution in [3.63, 3.8) is 0 Å². The van der Waals surface area contributed by atoms with E-state index in [4.69, 9.17) is 0 Å². The quantitative estimate of drug-likeness (QED) is 0.718. The minimum absolute atomic E-state index is 0.440. The molecule has 0 aromatic rings. The normalized spacial score (nSPS) is 24.6. The second-order valence-electron chi connectivity index (χ2n) is 7.40. The molecule has 1 fully saturated rings. The summed E-state index contributed by atoms with van der Waals surface area (Å²) in [5.74, 6) is 0.750. The van der Waals surface area contributed by atoms with Crippen LogP contribution in [0.5, 0.6) is 0 Å². The lowest BCUT2D eigenvalue weighted by Crippen LogP contribution is -2.47. The van der Waals surface area contributed by atoms with Gasteiger partial charge in [0.15, 0.2) is 0 Å². The molecule has 0 radical (unpaired) electrons. The van der Waals surface area contributed by atoms with E-state index in [1.807, 2.05) is 0 Å². The van der Waals surface area contributed by atoms with Gasteiger partial charge in [-0.2, -0.15) is 0 Å². The Morgan fingerprint density at radius 1 is 1.32 bits per heavy atom. The van der Waals surface area contributed by atoms with Crippen molar-refractivity contribution in [3.05, 3.63) is 0 Å². The number of nitrogens with one attached hydrogen (secondary N) is 1. The molecule has 1 rings (SSSR count). The maximum absolute atomic E-state index is 3.69. The van der Waals surface area contributed by atoms with Crippen molar-refractivity contribution in [2.24, 2.45) is 11.3 Å². The van der Waals surface area contributed by atoms with Crippen LogP contribution in [0.2, 0.25) is 0 Å². The van der Waals surface area contributed by atoms with Crippen molar-refractivity contribution in [1.29, 1.82) is 0 Å². The minimum Gasteiger partial charge on any atom is -0.316 e. The van der Waals surface area contributed by atoms with Crippen LogP contribution >= 0.6 is 0 Å². The van der Waals surface area contributed by atoms with E-state index in [0.29, 0.717) is 5.41 Å². The molecule has 1 aliphatic rings. The van der Waals surface area contributed by atoms with E-state index in [9.17, 15) is 0 Å². The summed E-state index contributed by atoms with van der Waals surface area (Å²) in [7, 11) is 0. The second kappa shape index (κ2) is 8.26. The molecule has 2 atom stereocenters. The van der Waals surface area contributed by atoms with Gasteiger partial charge in [0.05, 0.1) is 0 Å². The van der Waals surface area contributed by atoms with E-state index in [-0.39, 0.29) is 0 Å². The molecule has 0 spiro atoms. The van der Waals surface area contributed by atoms with E-state index >= 15 is 0 Å². The van der Waals surface area contributed by atoms with Crippen LogP contribution in [-0.4, -0.2) is 37.1 Å². The molecule has 2 unspecified atom stereocenters. The molecule has 0 aliphatic carbocycles. The molecule has 0 aromatic carbocycles. The first-order valence-corrected chi connectivity index (χ1v) is 8.41. The molecule has 0 amide bonds. The highest BCUT2D eigenvalue weighted by atomic mass is 15.2. The largest absolute Gasteiger partial charge is 0.316 e. The highest BCUT2D eigenvalue weighted by Crippen LogP contribution is 2.27. The molecule has 0 aromatic heterocycles. The zero-order chi connectivity index (χ0) is 14.3. The van der Waals surface area contributed by atoms with Gasteiger partial charge < -0.3 is 10.2 Å². The highest BCUT2D eigenvalue weighted by molar-refractivity contribution is 4.84. The van der Waals surface area contributed by atoms with Crippen LogP contribution in [0.4, 0.5) is 0 Å². The first-order chi connectivity index (χ1) is 8.97. The van der Waals surface area contributed by atoms with Crippen LogP contribution in [0.25, 0.3) is 0 Å². The van der Waals surface area contributed by atoms with Crippen molar-refractivity contribution >= 4 is 0 Å². The topological polar surface area (TPSA) is 15.3 Å². The number of hydrogen-bond donors (Lipinski definition) is 1. The van der Waals surface area contributed by atoms with Gasteiger partial charge in [-0.25, -0.2) is 0 Å². The summed E-state index contributed by atoms with van der Waals surface area (Å²) in [5.41, 5.74) is 0.440. The van der Waals surface area contributed by atoms with Crippen molar-refractivity contribution in [3.8, 4) is 0 Å². The van der Waals surface area contributed by atoms with Gasteiger partial charge in [-0.3, -0.25) is 0 Å². The van der Waals surface area contributed by atoms with E-state index < -0.39 is 0 Å². The van der Waals surface area contributed by atoms with Crippen LogP contribution in [0.1, 0.15) is 66.7 Å². The van der Waals surface area contributed by atoms with Gasteiger partial charge in [0, 0.05) is 19.1 Å². The summed E-state index contributed by atoms with van der Waals surface area (Å²) < 4.78 is 0. The van der Waals surface area contributed by atoms with Crippen molar-refractivity contribution in [2.75, 3.05) is 26.2 Å². The molecule has 0 bridgehead atoms. The second-order valence-corrected chi connectivity index (χ2v) is 7.40. The number of likely N-dealkylation sites (tertiary alicyclic amines) is 1. The molecule has 1 saturated heterocycles. The Bertz CT molecular complexity index is 239. The van der Waals surface area contributed by atoms with E-state index in [0.717, 1.165) is 18.5 Å². The standard InChI is InChI=1S/C17H36N2/c1-6-10-17(5,13-18-12-15(2)3)14-19-11-8-7-9-16(19)4/h15-16,18H,6-14H2,1-5H3. The summed E-state index contributed by atoms with van der Waals surface area (Å²) in [6.45, 7) is 16.7. The molecular formula is C17H36N2. The zero-order valence-electron chi connectivity index (χ0n) is 14.0. The van der Waals surface area contributed by atoms with Gasteiger partial charge in [-0.15, -0.1) is 0 Å². The fourth-order valence-corrected chi connectivity index (χ4v) is 3.37. The molecular weight excluding hydrogens is 232 g/mol. The summed E-state index contributed by atoms with van der Waals surface area (Å²) in [6.07, 6.45) is 6.84. The van der Waals surface area contributed by atoms with Crippen LogP contribution < -0.4 is 5.32 Å². The first kappa shape index (κ1) is 17.0. The van der Waals surface area contributed by atoms with Crippen LogP contribution in [0.3, 0.4) is 0 Å². The van der Waals surface area contributed by atoms with E-state index in [2.05, 4.69) is 44.8 Å². The predicted octanol–water partition coefficient (Wildman–Crippen LogP) is 3.91. The molecule has 0 saturated carbocycles. The van der Waals surface area contributed by atoms with Crippen LogP contribution in [0, 0.1) is 11.3 Å². The average molecular weight is 268 g/mol. The minimum atomic E-state index is 0.440. The van der Waals surface area contributed by atoms with E-state index in [1.54, 1.807) is 0 Å². The molecule has 1 aliphatic heterocycles. The predicted molar refractivity (Wildman–Crippen MR) is 85.6 cm³/mol. The lowest BCUT2D eigenvalue weighted by molar-refractivity contribution is 0.0895. The fraction of sp³-hybridized carbons (Fsp3) is 1.00. The van der Waals surface area contributed by atoms with Crippen LogP contribution in [0.15, 0.2) is 0 Å². The Balaban J connectivity index is 2.48. The fourth-order valence-electron chi connectivity index (χ4n) is 3.37. The Hall–Kier alpha value is -0.0800. The summed E-state index contributed by atoms with van der Waals surface area (Å²) in [4.78, 5) is 2.73. The van der Waals surface area contributed by atoms with Gasteiger partial charge in [0.25, 0.3) is 0 Å². The molecule has 114 valence electrons. The van der Waals surface area contributed by atoms with Crippen molar-refractivity contribution < 1.29 is 0 Å². The lowest BCUT2D eigenvalue weighted by Gasteiger charge is -2.41. The summed E-state index contributed by atoms with van der Waals surface area (Å²) >= 11 is 0. The molecule has 2 nitrogen and oxygen atoms in total. The van der Waals surface area contributed by atoms with Crippen LogP contribution in [-0.2, 0) is 0 Å². The van der Waals surface area contributed by atoms with Crippen molar-refractivity contribution in [2.45, 2.75) is 72.8 Å². The van der Waals surface area contributed by atoms with Crippen molar-refractivity contribution in [1.82, 2.24) is 10.2 Å². The third-order valence-corrected chi connectivity index (χ3v) is 4.48. The highest BCUT2D eigenvalue weighted by Gasteiger charge is 2.29. The third kappa shape index (κ3) is 6.27. The molecule has 2 heteroatoms. The van der Waals surface area contributed by atoms with Gasteiger partial charge in [0.2, 0.25) is 0 Å². The lowest BCUT2D eigenvalue weighted by atomic mass is 9.83. The third-order valence-electron chi connectivity index (χ3n) is 4.48. The Morgan fingerprint density at radius 3 is 2.63 bits per heavy atom. The maximum Gasteiger partial charge on any atom is 0.00671 e. The Morgan fingerprint density at radius 2 is 2.05 bits per heavy atom. The summed E-state index contributed by atoms with van der Waals surface area (Å²) in [6, 6.07) is 0.787. The molecule has 1 heterocycles. The van der Waals surface area contributed by atoms with E-state index in [1.165, 1.54) is 51.7 Å². The SMILES string of the molecule is CCCC(C)(CNCC(C)C)CN1CCCCC1C. The number of hydrogen-bond acceptors (Lipinski definition) is 2. The Kier molecular flexibility index (Phi) is 7.38. The monoisotopic (exact) mass is 268 g/mol. The average Bonchev–Trinajstić information content (AvgIpc) is 2.32. The zero-order valence-corrected chi connectivity index (χ0v) is 14.0. The summed E-state index contributed by atoms with van der Waals surface area (Å²) in [5, 5.41) is 3.69. The number of piperidine rings is 1. The first-order valence-electron chi connectivity index (χ1n) is 8.41. The van der Waals surface area contributed by atoms with Gasteiger partial charge >= 0.3 is 0 Å². The molecule has 1 N–H and O–H groups in total. The Labute approximate surface area is 121 Å². The number of rotatable bonds is 8. The van der Waals surface area contributed by atoms with Gasteiger partial charge in [-0.05, 0) is 50.6 Å².